The van der Waals surface area contributed by atoms with Crippen LogP contribution in [0, 0.1) is 0 Å². The molecule has 0 amide bonds. The number of nitrogens with one attached hydrogen (secondary N) is 2. The van der Waals surface area contributed by atoms with Gasteiger partial charge in [0, 0.05) is 31.4 Å². The normalized spacial score (nSPS) is 11.9. The summed E-state index contributed by atoms with van der Waals surface area (Å²) < 4.78 is 0. The zero-order valence-corrected chi connectivity index (χ0v) is 11.9. The molecule has 4 nitrogen and oxygen atoms in total. The molecule has 1 heterocycles. The smallest absolute Gasteiger partial charge is 0.191 e. The summed E-state index contributed by atoms with van der Waals surface area (Å²) >= 11 is 1.74. The zero-order chi connectivity index (χ0) is 12.7. The van der Waals surface area contributed by atoms with Gasteiger partial charge in [0.05, 0.1) is 10.7 Å². The second-order valence-corrected chi connectivity index (χ2v) is 5.08. The fourth-order valence-corrected chi connectivity index (χ4v) is 2.18. The molecule has 0 radical (unpaired) electrons. The Morgan fingerprint density at radius 2 is 2.29 bits per heavy atom. The van der Waals surface area contributed by atoms with Crippen LogP contribution >= 0.6 is 11.3 Å². The van der Waals surface area contributed by atoms with Gasteiger partial charge in [0.15, 0.2) is 5.96 Å². The lowest BCUT2D eigenvalue weighted by atomic mass is 10.3. The molecule has 96 valence electrons. The lowest BCUT2D eigenvalue weighted by molar-refractivity contribution is 0.696. The minimum absolute atomic E-state index is 0.396. The van der Waals surface area contributed by atoms with Crippen molar-refractivity contribution in [3.8, 4) is 0 Å². The van der Waals surface area contributed by atoms with Gasteiger partial charge in [-0.25, -0.2) is 4.98 Å². The van der Waals surface area contributed by atoms with Crippen LogP contribution in [0.25, 0.3) is 0 Å². The number of hydrogen-bond acceptors (Lipinski definition) is 3. The third-order valence-corrected chi connectivity index (χ3v) is 3.27. The molecule has 0 saturated heterocycles. The molecule has 17 heavy (non-hydrogen) atoms. The molecule has 1 aromatic rings. The highest BCUT2D eigenvalue weighted by molar-refractivity contribution is 7.09. The fourth-order valence-electron chi connectivity index (χ4n) is 1.40. The topological polar surface area (TPSA) is 49.3 Å². The Bertz CT molecular complexity index is 357. The van der Waals surface area contributed by atoms with Crippen LogP contribution in [0.2, 0.25) is 0 Å². The van der Waals surface area contributed by atoms with Crippen LogP contribution in [-0.4, -0.2) is 30.6 Å². The van der Waals surface area contributed by atoms with Gasteiger partial charge in [0.1, 0.15) is 0 Å². The van der Waals surface area contributed by atoms with E-state index in [4.69, 9.17) is 0 Å². The van der Waals surface area contributed by atoms with Gasteiger partial charge in [-0.2, -0.15) is 0 Å². The van der Waals surface area contributed by atoms with Crippen molar-refractivity contribution in [2.75, 3.05) is 13.6 Å². The Morgan fingerprint density at radius 1 is 1.53 bits per heavy atom. The average molecular weight is 254 g/mol. The van der Waals surface area contributed by atoms with E-state index in [2.05, 4.69) is 46.8 Å². The van der Waals surface area contributed by atoms with Crippen molar-refractivity contribution in [1.82, 2.24) is 15.6 Å². The van der Waals surface area contributed by atoms with E-state index in [1.165, 1.54) is 10.7 Å². The van der Waals surface area contributed by atoms with E-state index in [0.29, 0.717) is 6.04 Å². The lowest BCUT2D eigenvalue weighted by Gasteiger charge is -2.13. The minimum Gasteiger partial charge on any atom is -0.356 e. The van der Waals surface area contributed by atoms with Gasteiger partial charge in [-0.15, -0.1) is 11.3 Å². The van der Waals surface area contributed by atoms with Gasteiger partial charge in [-0.1, -0.05) is 6.92 Å². The first-order valence-electron chi connectivity index (χ1n) is 6.06. The maximum atomic E-state index is 4.53. The number of thiazole rings is 1. The van der Waals surface area contributed by atoms with Crippen LogP contribution in [0.4, 0.5) is 0 Å². The van der Waals surface area contributed by atoms with Crippen molar-refractivity contribution in [1.29, 1.82) is 0 Å². The summed E-state index contributed by atoms with van der Waals surface area (Å²) in [5, 5.41) is 9.88. The summed E-state index contributed by atoms with van der Waals surface area (Å²) in [6.45, 7) is 7.19. The van der Waals surface area contributed by atoms with Gasteiger partial charge >= 0.3 is 0 Å². The SMILES string of the molecule is CCc1nc(CCNC(=NC)NC(C)C)cs1. The highest BCUT2D eigenvalue weighted by Crippen LogP contribution is 2.09. The second kappa shape index (κ2) is 7.27. The Balaban J connectivity index is 2.31. The molecule has 0 aliphatic carbocycles. The fraction of sp³-hybridized carbons (Fsp3) is 0.667. The number of rotatable bonds is 5. The van der Waals surface area contributed by atoms with Gasteiger partial charge in [-0.3, -0.25) is 4.99 Å². The molecule has 0 saturated carbocycles. The number of guanidine groups is 1. The molecule has 0 spiro atoms. The van der Waals surface area contributed by atoms with Crippen LogP contribution in [0.15, 0.2) is 10.4 Å². The molecule has 0 fully saturated rings. The summed E-state index contributed by atoms with van der Waals surface area (Å²) in [4.78, 5) is 8.69. The van der Waals surface area contributed by atoms with Gasteiger partial charge in [0.2, 0.25) is 0 Å². The molecule has 0 aliphatic heterocycles. The lowest BCUT2D eigenvalue weighted by Crippen LogP contribution is -2.41. The van der Waals surface area contributed by atoms with Crippen molar-refractivity contribution >= 4 is 17.3 Å². The van der Waals surface area contributed by atoms with Crippen molar-refractivity contribution in [3.05, 3.63) is 16.1 Å². The van der Waals surface area contributed by atoms with Crippen molar-refractivity contribution in [3.63, 3.8) is 0 Å². The summed E-state index contributed by atoms with van der Waals surface area (Å²) in [7, 11) is 1.79. The van der Waals surface area contributed by atoms with E-state index in [0.717, 1.165) is 25.3 Å². The molecule has 1 aromatic heterocycles. The van der Waals surface area contributed by atoms with Crippen LogP contribution < -0.4 is 10.6 Å². The van der Waals surface area contributed by atoms with E-state index in [1.807, 2.05) is 0 Å². The molecule has 0 aromatic carbocycles. The Kier molecular flexibility index (Phi) is 5.97. The number of aromatic nitrogens is 1. The summed E-state index contributed by atoms with van der Waals surface area (Å²) in [5.74, 6) is 0.853. The largest absolute Gasteiger partial charge is 0.356 e. The number of aryl methyl sites for hydroxylation is 1. The molecule has 2 N–H and O–H groups in total. The van der Waals surface area contributed by atoms with Crippen LogP contribution in [0.5, 0.6) is 0 Å². The van der Waals surface area contributed by atoms with Crippen LogP contribution in [-0.2, 0) is 12.8 Å². The first-order chi connectivity index (χ1) is 8.15. The maximum Gasteiger partial charge on any atom is 0.191 e. The van der Waals surface area contributed by atoms with Crippen LogP contribution in [0.3, 0.4) is 0 Å². The van der Waals surface area contributed by atoms with Gasteiger partial charge in [-0.05, 0) is 20.3 Å². The quantitative estimate of drug-likeness (QED) is 0.622. The van der Waals surface area contributed by atoms with Gasteiger partial charge < -0.3 is 10.6 Å². The first-order valence-corrected chi connectivity index (χ1v) is 6.94. The van der Waals surface area contributed by atoms with E-state index in [1.54, 1.807) is 18.4 Å². The summed E-state index contributed by atoms with van der Waals surface area (Å²) in [6.07, 6.45) is 1.96. The minimum atomic E-state index is 0.396. The monoisotopic (exact) mass is 254 g/mol. The highest BCUT2D eigenvalue weighted by Gasteiger charge is 2.02. The van der Waals surface area contributed by atoms with E-state index < -0.39 is 0 Å². The first kappa shape index (κ1) is 14.0. The highest BCUT2D eigenvalue weighted by atomic mass is 32.1. The number of hydrogen-bond donors (Lipinski definition) is 2. The van der Waals surface area contributed by atoms with Crippen LogP contribution in [0.1, 0.15) is 31.5 Å². The van der Waals surface area contributed by atoms with Gasteiger partial charge in [0.25, 0.3) is 0 Å². The Hall–Kier alpha value is -1.10. The zero-order valence-electron chi connectivity index (χ0n) is 11.1. The standard InChI is InChI=1S/C12H22N4S/c1-5-11-16-10(8-17-11)6-7-14-12(13-4)15-9(2)3/h8-9H,5-7H2,1-4H3,(H2,13,14,15). The average Bonchev–Trinajstić information content (AvgIpc) is 2.75. The molecule has 0 unspecified atom stereocenters. The Morgan fingerprint density at radius 3 is 2.82 bits per heavy atom. The number of aliphatic imine (C=N–C) groups is 1. The predicted molar refractivity (Wildman–Crippen MR) is 74.8 cm³/mol. The van der Waals surface area contributed by atoms with Crippen molar-refractivity contribution in [2.45, 2.75) is 39.7 Å². The van der Waals surface area contributed by atoms with E-state index in [9.17, 15) is 0 Å². The Labute approximate surface area is 108 Å². The maximum absolute atomic E-state index is 4.53. The molecular weight excluding hydrogens is 232 g/mol. The molecule has 1 rings (SSSR count). The summed E-state index contributed by atoms with van der Waals surface area (Å²) in [6, 6.07) is 0.396. The van der Waals surface area contributed by atoms with Crippen molar-refractivity contribution < 1.29 is 0 Å². The van der Waals surface area contributed by atoms with Crippen molar-refractivity contribution in [2.24, 2.45) is 4.99 Å². The molecule has 0 bridgehead atoms. The molecule has 5 heteroatoms. The summed E-state index contributed by atoms with van der Waals surface area (Å²) in [5.41, 5.74) is 1.17. The molecular formula is C12H22N4S. The third kappa shape index (κ3) is 5.17. The molecule has 0 aliphatic rings. The second-order valence-electron chi connectivity index (χ2n) is 4.13. The third-order valence-electron chi connectivity index (χ3n) is 2.22. The molecule has 0 atom stereocenters. The van der Waals surface area contributed by atoms with E-state index >= 15 is 0 Å². The number of nitrogens with zero attached hydrogens (tertiary/aromatic N) is 2. The van der Waals surface area contributed by atoms with E-state index in [-0.39, 0.29) is 0 Å². The predicted octanol–water partition coefficient (Wildman–Crippen LogP) is 1.82.